The van der Waals surface area contributed by atoms with Crippen LogP contribution < -0.4 is 21.1 Å². The van der Waals surface area contributed by atoms with Crippen LogP contribution in [0.1, 0.15) is 29.7 Å². The van der Waals surface area contributed by atoms with Gasteiger partial charge in [0.05, 0.1) is 26.2 Å². The Labute approximate surface area is 220 Å². The molecule has 6 N–H and O–H groups in total. The Morgan fingerprint density at radius 2 is 1.95 bits per heavy atom. The smallest absolute Gasteiger partial charge is 0.419 e. The molecule has 3 rings (SSSR count). The van der Waals surface area contributed by atoms with E-state index in [0.717, 1.165) is 0 Å². The maximum atomic E-state index is 13.5. The largest absolute Gasteiger partial charge is 0.494 e. The lowest BCUT2D eigenvalue weighted by molar-refractivity contribution is -0.253. The fourth-order valence-electron chi connectivity index (χ4n) is 3.80. The fourth-order valence-corrected chi connectivity index (χ4v) is 4.62. The predicted octanol–water partition coefficient (Wildman–Crippen LogP) is 1.52. The zero-order chi connectivity index (χ0) is 27.9. The van der Waals surface area contributed by atoms with Crippen molar-refractivity contribution < 1.29 is 37.4 Å². The number of nitrogens with zero attached hydrogens (tertiary/aromatic N) is 1. The molecule has 2 heterocycles. The van der Waals surface area contributed by atoms with Crippen molar-refractivity contribution in [1.29, 1.82) is 5.41 Å². The van der Waals surface area contributed by atoms with Crippen LogP contribution in [0.2, 0.25) is 0 Å². The van der Waals surface area contributed by atoms with Gasteiger partial charge in [0.15, 0.2) is 5.60 Å². The minimum atomic E-state index is -5.08. The van der Waals surface area contributed by atoms with Crippen LogP contribution >= 0.6 is 11.3 Å². The number of ether oxygens (including phenoxy) is 1. The van der Waals surface area contributed by atoms with Gasteiger partial charge in [0, 0.05) is 28.7 Å². The number of rotatable bonds is 11. The quantitative estimate of drug-likeness (QED) is 0.161. The molecule has 0 spiro atoms. The third-order valence-electron chi connectivity index (χ3n) is 5.89. The zero-order valence-corrected chi connectivity index (χ0v) is 21.0. The molecule has 0 saturated carbocycles. The zero-order valence-electron chi connectivity index (χ0n) is 20.2. The second-order valence-corrected chi connectivity index (χ2v) is 9.74. The normalized spacial score (nSPS) is 19.2. The van der Waals surface area contributed by atoms with Gasteiger partial charge in [-0.25, -0.2) is 0 Å². The van der Waals surface area contributed by atoms with Gasteiger partial charge in [0.25, 0.3) is 0 Å². The molecule has 1 aromatic heterocycles. The number of hydrogen-bond donors (Lipinski definition) is 5. The molecule has 206 valence electrons. The highest BCUT2D eigenvalue weighted by atomic mass is 32.1. The van der Waals surface area contributed by atoms with Crippen LogP contribution in [0.5, 0.6) is 5.75 Å². The number of aliphatic hydroxyl groups is 1. The number of halogens is 3. The van der Waals surface area contributed by atoms with Crippen molar-refractivity contribution in [3.8, 4) is 5.75 Å². The molecule has 38 heavy (non-hydrogen) atoms. The number of alkyl halides is 3. The number of carbonyl (C=O) groups excluding carboxylic acids is 3. The summed E-state index contributed by atoms with van der Waals surface area (Å²) in [4.78, 5) is 38.9. The molecule has 3 amide bonds. The minimum absolute atomic E-state index is 0.0135. The Bertz CT molecular complexity index is 1160. The van der Waals surface area contributed by atoms with Gasteiger partial charge < -0.3 is 31.1 Å². The maximum Gasteiger partial charge on any atom is 0.419 e. The van der Waals surface area contributed by atoms with E-state index in [1.807, 2.05) is 6.07 Å². The number of benzene rings is 1. The molecular weight excluding hydrogens is 527 g/mol. The number of nitrogens with two attached hydrogens (primary N) is 1. The summed E-state index contributed by atoms with van der Waals surface area (Å²) in [6.45, 7) is -1.59. The molecule has 0 radical (unpaired) electrons. The van der Waals surface area contributed by atoms with Gasteiger partial charge in [-0.15, -0.1) is 11.3 Å². The van der Waals surface area contributed by atoms with Gasteiger partial charge >= 0.3 is 6.18 Å². The lowest BCUT2D eigenvalue weighted by atomic mass is 9.99. The third-order valence-corrected chi connectivity index (χ3v) is 6.83. The van der Waals surface area contributed by atoms with Crippen LogP contribution in [-0.4, -0.2) is 71.1 Å². The average Bonchev–Trinajstić information content (AvgIpc) is 3.50. The number of hydrogen-bond acceptors (Lipinski definition) is 7. The highest BCUT2D eigenvalue weighted by Crippen LogP contribution is 2.40. The second kappa shape index (κ2) is 12.3. The highest BCUT2D eigenvalue weighted by Gasteiger charge is 2.62. The molecular formula is C24H28F3N5O5S. The lowest BCUT2D eigenvalue weighted by Gasteiger charge is -2.26. The van der Waals surface area contributed by atoms with E-state index in [1.54, 1.807) is 35.7 Å². The Hall–Kier alpha value is -3.65. The van der Waals surface area contributed by atoms with Crippen molar-refractivity contribution in [3.63, 3.8) is 0 Å². The third kappa shape index (κ3) is 7.44. The summed E-state index contributed by atoms with van der Waals surface area (Å²) in [5, 5.41) is 24.0. The summed E-state index contributed by atoms with van der Waals surface area (Å²) >= 11 is 1.19. The van der Waals surface area contributed by atoms with Crippen LogP contribution in [0, 0.1) is 5.41 Å². The summed E-state index contributed by atoms with van der Waals surface area (Å²) in [6.07, 6.45) is -5.76. The van der Waals surface area contributed by atoms with E-state index in [9.17, 15) is 32.7 Å². The Morgan fingerprint density at radius 1 is 1.24 bits per heavy atom. The van der Waals surface area contributed by atoms with E-state index < -0.39 is 55.1 Å². The van der Waals surface area contributed by atoms with Gasteiger partial charge in [0.1, 0.15) is 17.6 Å². The summed E-state index contributed by atoms with van der Waals surface area (Å²) in [6, 6.07) is 8.89. The minimum Gasteiger partial charge on any atom is -0.494 e. The van der Waals surface area contributed by atoms with Crippen molar-refractivity contribution in [2.75, 3.05) is 19.7 Å². The van der Waals surface area contributed by atoms with Crippen LogP contribution in [0.25, 0.3) is 0 Å². The van der Waals surface area contributed by atoms with E-state index in [-0.39, 0.29) is 25.4 Å². The number of nitrogen functional groups attached to an aromatic ring is 1. The van der Waals surface area contributed by atoms with Crippen molar-refractivity contribution >= 4 is 34.9 Å². The topological polar surface area (TPSA) is 158 Å². The standard InChI is InChI=1S/C24H28F3N5O5S/c25-24(26,27)23(36)10-18(22(35)31-11-17-9-15(13-38-17)21(28)29)32(14-23)20(34)12-30-19(33)7-4-8-37-16-5-2-1-3-6-16/h1-3,5-6,9,13,18,36H,4,7-8,10-12,14H2,(H3,28,29)(H,30,33)(H,31,35)/t18-,23?/m0/s1. The molecule has 1 aliphatic heterocycles. The number of amidine groups is 1. The fraction of sp³-hybridized carbons (Fsp3) is 0.417. The molecule has 1 fully saturated rings. The lowest BCUT2D eigenvalue weighted by Crippen LogP contribution is -2.50. The SMILES string of the molecule is N=C(N)c1csc(CNC(=O)[C@@H]2CC(O)(C(F)(F)F)CN2C(=O)CNC(=O)CCCOc2ccccc2)c1. The van der Waals surface area contributed by atoms with Crippen LogP contribution in [0.4, 0.5) is 13.2 Å². The summed E-state index contributed by atoms with van der Waals surface area (Å²) < 4.78 is 46.1. The molecule has 1 aliphatic rings. The summed E-state index contributed by atoms with van der Waals surface area (Å²) in [7, 11) is 0. The van der Waals surface area contributed by atoms with E-state index >= 15 is 0 Å². The number of amides is 3. The monoisotopic (exact) mass is 555 g/mol. The molecule has 1 saturated heterocycles. The van der Waals surface area contributed by atoms with Crippen LogP contribution in [-0.2, 0) is 20.9 Å². The van der Waals surface area contributed by atoms with Crippen molar-refractivity contribution in [3.05, 3.63) is 52.2 Å². The molecule has 14 heteroatoms. The molecule has 2 aromatic rings. The molecule has 0 bridgehead atoms. The second-order valence-electron chi connectivity index (χ2n) is 8.75. The number of thiophene rings is 1. The van der Waals surface area contributed by atoms with Gasteiger partial charge in [0.2, 0.25) is 17.7 Å². The van der Waals surface area contributed by atoms with E-state index in [2.05, 4.69) is 10.6 Å². The number of nitrogens with one attached hydrogen (secondary N) is 3. The van der Waals surface area contributed by atoms with Crippen molar-refractivity contribution in [2.24, 2.45) is 5.73 Å². The van der Waals surface area contributed by atoms with Gasteiger partial charge in [-0.05, 0) is 24.6 Å². The Balaban J connectivity index is 1.54. The van der Waals surface area contributed by atoms with Crippen LogP contribution in [0.3, 0.4) is 0 Å². The summed E-state index contributed by atoms with van der Waals surface area (Å²) in [5.74, 6) is -1.88. The molecule has 0 aliphatic carbocycles. The Morgan fingerprint density at radius 3 is 2.58 bits per heavy atom. The van der Waals surface area contributed by atoms with Gasteiger partial charge in [-0.3, -0.25) is 19.8 Å². The first kappa shape index (κ1) is 28.9. The van der Waals surface area contributed by atoms with Crippen LogP contribution in [0.15, 0.2) is 41.8 Å². The first-order valence-electron chi connectivity index (χ1n) is 11.6. The number of β-amino-alcohol motifs (C(OH)–C–C–N with tert-alkyl or cyclic N) is 1. The first-order valence-corrected chi connectivity index (χ1v) is 12.5. The Kier molecular flexibility index (Phi) is 9.33. The van der Waals surface area contributed by atoms with E-state index in [4.69, 9.17) is 15.9 Å². The number of likely N-dealkylation sites (tertiary alicyclic amines) is 1. The molecule has 1 aromatic carbocycles. The average molecular weight is 556 g/mol. The van der Waals surface area contributed by atoms with E-state index in [0.29, 0.717) is 27.5 Å². The first-order chi connectivity index (χ1) is 17.9. The molecule has 1 unspecified atom stereocenters. The maximum absolute atomic E-state index is 13.5. The predicted molar refractivity (Wildman–Crippen MR) is 132 cm³/mol. The number of carbonyl (C=O) groups is 3. The highest BCUT2D eigenvalue weighted by molar-refractivity contribution is 7.10. The van der Waals surface area contributed by atoms with Crippen molar-refractivity contribution in [1.82, 2.24) is 15.5 Å². The van der Waals surface area contributed by atoms with Crippen molar-refractivity contribution in [2.45, 2.75) is 43.6 Å². The van der Waals surface area contributed by atoms with Gasteiger partial charge in [-0.2, -0.15) is 13.2 Å². The van der Waals surface area contributed by atoms with Gasteiger partial charge in [-0.1, -0.05) is 18.2 Å². The number of para-hydroxylation sites is 1. The molecule has 2 atom stereocenters. The van der Waals surface area contributed by atoms with E-state index in [1.165, 1.54) is 11.3 Å². The summed E-state index contributed by atoms with van der Waals surface area (Å²) in [5.41, 5.74) is 2.57. The molecule has 10 nitrogen and oxygen atoms in total.